The topological polar surface area (TPSA) is 46.8 Å². The quantitative estimate of drug-likeness (QED) is 0.566. The molecule has 4 heterocycles. The van der Waals surface area contributed by atoms with Crippen molar-refractivity contribution in [1.82, 2.24) is 14.3 Å². The molecule has 0 N–H and O–H groups in total. The van der Waals surface area contributed by atoms with E-state index >= 15 is 0 Å². The standard InChI is InChI=1S/C26H30ClN3O2/c27-22-7-5-21(6-8-22)26(10-17-32-18-11-26)25(31)30-14-1-3-20(9-15-30)19-23-24-4-2-13-29(24)16-12-28-23/h2,4-8,12-13,16,20H,1,3,9-11,14-15,17-19H2/t20-/m0/s1. The van der Waals surface area contributed by atoms with E-state index in [2.05, 4.69) is 32.6 Å². The van der Waals surface area contributed by atoms with Crippen LogP contribution in [0, 0.1) is 5.92 Å². The van der Waals surface area contributed by atoms with Crippen LogP contribution >= 0.6 is 11.6 Å². The number of hydrogen-bond acceptors (Lipinski definition) is 3. The lowest BCUT2D eigenvalue weighted by atomic mass is 9.73. The monoisotopic (exact) mass is 451 g/mol. The molecular formula is C26H30ClN3O2. The largest absolute Gasteiger partial charge is 0.381 e. The Balaban J connectivity index is 1.32. The predicted molar refractivity (Wildman–Crippen MR) is 126 cm³/mol. The van der Waals surface area contributed by atoms with Gasteiger partial charge in [-0.15, -0.1) is 0 Å². The molecule has 32 heavy (non-hydrogen) atoms. The van der Waals surface area contributed by atoms with Crippen LogP contribution < -0.4 is 0 Å². The maximum atomic E-state index is 13.9. The first kappa shape index (κ1) is 21.5. The van der Waals surface area contributed by atoms with Gasteiger partial charge < -0.3 is 14.0 Å². The highest BCUT2D eigenvalue weighted by atomic mass is 35.5. The van der Waals surface area contributed by atoms with Gasteiger partial charge in [-0.2, -0.15) is 0 Å². The fourth-order valence-electron chi connectivity index (χ4n) is 5.45. The van der Waals surface area contributed by atoms with Crippen LogP contribution in [0.1, 0.15) is 43.4 Å². The summed E-state index contributed by atoms with van der Waals surface area (Å²) in [5.41, 5.74) is 2.92. The molecule has 2 aliphatic rings. The predicted octanol–water partition coefficient (Wildman–Crippen LogP) is 4.91. The second-order valence-electron chi connectivity index (χ2n) is 9.17. The third kappa shape index (κ3) is 4.16. The molecule has 0 unspecified atom stereocenters. The van der Waals surface area contributed by atoms with Crippen LogP contribution in [0.4, 0.5) is 0 Å². The van der Waals surface area contributed by atoms with Gasteiger partial charge in [-0.1, -0.05) is 23.7 Å². The number of aromatic nitrogens is 2. The maximum absolute atomic E-state index is 13.9. The van der Waals surface area contributed by atoms with Crippen molar-refractivity contribution in [1.29, 1.82) is 0 Å². The third-order valence-electron chi connectivity index (χ3n) is 7.30. The number of likely N-dealkylation sites (tertiary alicyclic amines) is 1. The fraction of sp³-hybridized carbons (Fsp3) is 0.462. The van der Waals surface area contributed by atoms with E-state index in [0.717, 1.165) is 62.9 Å². The van der Waals surface area contributed by atoms with E-state index in [-0.39, 0.29) is 5.91 Å². The van der Waals surface area contributed by atoms with Crippen molar-refractivity contribution in [2.75, 3.05) is 26.3 Å². The Labute approximate surface area is 194 Å². The number of carbonyl (C=O) groups is 1. The van der Waals surface area contributed by atoms with Crippen LogP contribution in [-0.4, -0.2) is 46.5 Å². The summed E-state index contributed by atoms with van der Waals surface area (Å²) in [5.74, 6) is 0.804. The van der Waals surface area contributed by atoms with Crippen molar-refractivity contribution in [2.24, 2.45) is 5.92 Å². The van der Waals surface area contributed by atoms with Gasteiger partial charge >= 0.3 is 0 Å². The molecule has 1 aromatic carbocycles. The lowest BCUT2D eigenvalue weighted by Crippen LogP contribution is -2.50. The van der Waals surface area contributed by atoms with Gasteiger partial charge in [0.05, 0.1) is 16.6 Å². The molecule has 0 spiro atoms. The molecule has 2 fully saturated rings. The van der Waals surface area contributed by atoms with Gasteiger partial charge in [0.2, 0.25) is 5.91 Å². The molecule has 2 aromatic heterocycles. The zero-order valence-corrected chi connectivity index (χ0v) is 19.1. The number of halogens is 1. The average Bonchev–Trinajstić information content (AvgIpc) is 3.20. The highest BCUT2D eigenvalue weighted by Gasteiger charge is 2.44. The normalized spacial score (nSPS) is 21.4. The molecule has 1 amide bonds. The zero-order valence-electron chi connectivity index (χ0n) is 18.4. The first-order valence-electron chi connectivity index (χ1n) is 11.7. The van der Waals surface area contributed by atoms with E-state index < -0.39 is 5.41 Å². The van der Waals surface area contributed by atoms with E-state index in [4.69, 9.17) is 16.3 Å². The van der Waals surface area contributed by atoms with Crippen LogP contribution in [-0.2, 0) is 21.4 Å². The molecule has 168 valence electrons. The van der Waals surface area contributed by atoms with Crippen LogP contribution in [0.25, 0.3) is 5.52 Å². The molecule has 0 saturated carbocycles. The van der Waals surface area contributed by atoms with E-state index in [1.807, 2.05) is 36.7 Å². The molecule has 5 rings (SSSR count). The minimum atomic E-state index is -0.498. The van der Waals surface area contributed by atoms with Gasteiger partial charge in [0.1, 0.15) is 0 Å². The third-order valence-corrected chi connectivity index (χ3v) is 7.55. The van der Waals surface area contributed by atoms with E-state index in [1.54, 1.807) is 0 Å². The van der Waals surface area contributed by atoms with Gasteiger partial charge in [-0.05, 0) is 74.3 Å². The lowest BCUT2D eigenvalue weighted by Gasteiger charge is -2.40. The number of nitrogens with zero attached hydrogens (tertiary/aromatic N) is 3. The fourth-order valence-corrected chi connectivity index (χ4v) is 5.58. The Bertz CT molecular complexity index is 1070. The van der Waals surface area contributed by atoms with E-state index in [9.17, 15) is 4.79 Å². The second kappa shape index (κ2) is 9.24. The van der Waals surface area contributed by atoms with Crippen molar-refractivity contribution >= 4 is 23.0 Å². The molecule has 1 atom stereocenters. The van der Waals surface area contributed by atoms with Gasteiger partial charge in [0.25, 0.3) is 0 Å². The summed E-state index contributed by atoms with van der Waals surface area (Å²) in [7, 11) is 0. The number of hydrogen-bond donors (Lipinski definition) is 0. The number of carbonyl (C=O) groups excluding carboxylic acids is 1. The molecule has 0 aliphatic carbocycles. The number of amides is 1. The Morgan fingerprint density at radius 2 is 1.91 bits per heavy atom. The summed E-state index contributed by atoms with van der Waals surface area (Å²) in [4.78, 5) is 20.7. The van der Waals surface area contributed by atoms with Gasteiger partial charge in [0, 0.05) is 49.9 Å². The van der Waals surface area contributed by atoms with Crippen molar-refractivity contribution in [2.45, 2.75) is 43.9 Å². The summed E-state index contributed by atoms with van der Waals surface area (Å²) >= 11 is 6.13. The number of ether oxygens (including phenoxy) is 1. The van der Waals surface area contributed by atoms with Gasteiger partial charge in [-0.3, -0.25) is 9.78 Å². The van der Waals surface area contributed by atoms with Crippen molar-refractivity contribution in [3.8, 4) is 0 Å². The van der Waals surface area contributed by atoms with Gasteiger partial charge in [0.15, 0.2) is 0 Å². The Morgan fingerprint density at radius 3 is 2.72 bits per heavy atom. The van der Waals surface area contributed by atoms with Crippen LogP contribution in [0.5, 0.6) is 0 Å². The Morgan fingerprint density at radius 1 is 1.09 bits per heavy atom. The lowest BCUT2D eigenvalue weighted by molar-refractivity contribution is -0.141. The number of benzene rings is 1. The smallest absolute Gasteiger partial charge is 0.233 e. The average molecular weight is 452 g/mol. The van der Waals surface area contributed by atoms with Crippen molar-refractivity contribution in [3.05, 3.63) is 71.3 Å². The molecule has 6 heteroatoms. The molecule has 2 aliphatic heterocycles. The maximum Gasteiger partial charge on any atom is 0.233 e. The SMILES string of the molecule is O=C(N1CCC[C@H](Cc2nccn3cccc23)CC1)C1(c2ccc(Cl)cc2)CCOCC1. The first-order chi connectivity index (χ1) is 15.7. The summed E-state index contributed by atoms with van der Waals surface area (Å²) in [6, 6.07) is 12.0. The zero-order chi connectivity index (χ0) is 22.0. The summed E-state index contributed by atoms with van der Waals surface area (Å²) in [6.07, 6.45) is 11.6. The number of rotatable bonds is 4. The van der Waals surface area contributed by atoms with Crippen LogP contribution in [0.2, 0.25) is 5.02 Å². The van der Waals surface area contributed by atoms with E-state index in [0.29, 0.717) is 24.2 Å². The summed E-state index contributed by atoms with van der Waals surface area (Å²) in [5, 5.41) is 0.702. The summed E-state index contributed by atoms with van der Waals surface area (Å²) < 4.78 is 7.77. The van der Waals surface area contributed by atoms with E-state index in [1.165, 1.54) is 5.52 Å². The highest BCUT2D eigenvalue weighted by Crippen LogP contribution is 2.38. The minimum absolute atomic E-state index is 0.260. The molecular weight excluding hydrogens is 422 g/mol. The second-order valence-corrected chi connectivity index (χ2v) is 9.61. The molecule has 2 saturated heterocycles. The highest BCUT2D eigenvalue weighted by molar-refractivity contribution is 6.30. The Hall–Kier alpha value is -2.37. The molecule has 3 aromatic rings. The van der Waals surface area contributed by atoms with Crippen LogP contribution in [0.3, 0.4) is 0 Å². The number of fused-ring (bicyclic) bond motifs is 1. The molecule has 5 nitrogen and oxygen atoms in total. The molecule has 0 radical (unpaired) electrons. The van der Waals surface area contributed by atoms with Crippen molar-refractivity contribution in [3.63, 3.8) is 0 Å². The molecule has 0 bridgehead atoms. The minimum Gasteiger partial charge on any atom is -0.381 e. The van der Waals surface area contributed by atoms with Crippen molar-refractivity contribution < 1.29 is 9.53 Å². The Kier molecular flexibility index (Phi) is 6.20. The first-order valence-corrected chi connectivity index (χ1v) is 12.1. The van der Waals surface area contributed by atoms with Crippen LogP contribution in [0.15, 0.2) is 55.0 Å². The summed E-state index contributed by atoms with van der Waals surface area (Å²) in [6.45, 7) is 2.88. The van der Waals surface area contributed by atoms with Gasteiger partial charge in [-0.25, -0.2) is 0 Å².